The van der Waals surface area contributed by atoms with Crippen molar-refractivity contribution in [3.63, 3.8) is 0 Å². The third-order valence-corrected chi connectivity index (χ3v) is 29.8. The fraction of sp³-hybridized carbons (Fsp3) is 0.319. The summed E-state index contributed by atoms with van der Waals surface area (Å²) in [6.45, 7) is 14.2. The minimum absolute atomic E-state index is 0.102. The predicted molar refractivity (Wildman–Crippen MR) is 580 cm³/mol. The number of nitrogens with zero attached hydrogens (tertiary/aromatic N) is 10. The van der Waals surface area contributed by atoms with Crippen LogP contribution in [-0.4, -0.2) is 116 Å². The van der Waals surface area contributed by atoms with E-state index in [2.05, 4.69) is 85.7 Å². The highest BCUT2D eigenvalue weighted by Gasteiger charge is 2.38. The molecule has 0 saturated heterocycles. The average Bonchev–Trinajstić information content (AvgIpc) is 1.57. The molecule has 7 aliphatic carbocycles. The molecule has 7 aliphatic rings. The van der Waals surface area contributed by atoms with Crippen molar-refractivity contribution >= 4 is 117 Å². The molecule has 5 heterocycles. The Morgan fingerprint density at radius 2 is 0.671 bits per heavy atom. The van der Waals surface area contributed by atoms with E-state index in [1.807, 2.05) is 214 Å². The van der Waals surface area contributed by atoms with Crippen molar-refractivity contribution in [1.82, 2.24) is 22.8 Å². The van der Waals surface area contributed by atoms with Crippen LogP contribution in [0.2, 0.25) is 0 Å². The number of carbonyl (C=O) groups is 4. The average molecular weight is 2020 g/mol. The second kappa shape index (κ2) is 45.8. The Labute approximate surface area is 866 Å². The topological polar surface area (TPSA) is 380 Å². The summed E-state index contributed by atoms with van der Waals surface area (Å²) in [7, 11) is 3.31. The van der Waals surface area contributed by atoms with Crippen LogP contribution in [-0.2, 0) is 55.2 Å². The summed E-state index contributed by atoms with van der Waals surface area (Å²) in [5, 5.41) is 65.3. The van der Waals surface area contributed by atoms with Crippen molar-refractivity contribution in [2.45, 2.75) is 161 Å². The Balaban J connectivity index is 0.000000122. The molecular weight excluding hydrogens is 1900 g/mol. The SMILES string of the molecule is C=CCOC(=O)Nc1ccc(-c2c(C#N)c3ccc(OCC)cc3n2C2CCC2)cc1.CCCOC(=O)Nc1ccc(-c2c(C#N)c3ccc(OC)cc3n2CC2CC2)cc1.CCOC(=O)Nc1ccc(-c2c(C#N)c3ccc(OC)cc3n2CC2CC2)cc1.COc1ccc2c(C#N)c(-c3ccc(NC(=O)C4CC4)cc3)n(CC3CC3)c2c1.COc1ccc2c(C#N)c(-c3ccc(NS(=O)(=O)C4CC4)cc3)n(CC3CC3)c2c1. The summed E-state index contributed by atoms with van der Waals surface area (Å²) in [5.41, 5.74) is 20.9. The molecule has 5 N–H and O–H groups in total. The van der Waals surface area contributed by atoms with Crippen molar-refractivity contribution in [3.8, 4) is 115 Å². The highest BCUT2D eigenvalue weighted by atomic mass is 32.2. The quantitative estimate of drug-likeness (QED) is 0.0188. The minimum Gasteiger partial charge on any atom is -0.497 e. The first-order valence-electron chi connectivity index (χ1n) is 51.0. The van der Waals surface area contributed by atoms with E-state index in [-0.39, 0.29) is 23.7 Å². The summed E-state index contributed by atoms with van der Waals surface area (Å²) in [6, 6.07) is 79.5. The van der Waals surface area contributed by atoms with Gasteiger partial charge in [0.05, 0.1) is 137 Å². The van der Waals surface area contributed by atoms with Gasteiger partial charge in [0.25, 0.3) is 0 Å². The van der Waals surface area contributed by atoms with Crippen LogP contribution in [0.5, 0.6) is 28.7 Å². The molecule has 0 spiro atoms. The number of amides is 4. The van der Waals surface area contributed by atoms with Crippen molar-refractivity contribution in [2.24, 2.45) is 29.6 Å². The lowest BCUT2D eigenvalue weighted by molar-refractivity contribution is -0.117. The van der Waals surface area contributed by atoms with Gasteiger partial charge in [0, 0.05) is 124 Å². The van der Waals surface area contributed by atoms with E-state index in [4.69, 9.17) is 37.9 Å². The number of fused-ring (bicyclic) bond motifs is 5. The minimum atomic E-state index is -3.30. The first kappa shape index (κ1) is 102. The van der Waals surface area contributed by atoms with Crippen LogP contribution in [0.3, 0.4) is 0 Å². The van der Waals surface area contributed by atoms with Crippen LogP contribution in [0.4, 0.5) is 42.8 Å². The molecule has 0 unspecified atom stereocenters. The molecule has 7 saturated carbocycles. The molecule has 5 aromatic heterocycles. The molecular formula is C119H119N15O14S. The first-order valence-corrected chi connectivity index (χ1v) is 52.6. The zero-order chi connectivity index (χ0) is 104. The third kappa shape index (κ3) is 23.5. The molecule has 22 rings (SSSR count). The Bertz CT molecular complexity index is 7890. The Morgan fingerprint density at radius 3 is 0.966 bits per heavy atom. The second-order valence-corrected chi connectivity index (χ2v) is 40.6. The van der Waals surface area contributed by atoms with E-state index in [9.17, 15) is 53.9 Å². The number of aromatic nitrogens is 5. The number of sulfonamides is 1. The first-order chi connectivity index (χ1) is 72.6. The number of nitrogens with one attached hydrogen (secondary N) is 5. The molecule has 0 atom stereocenters. The zero-order valence-electron chi connectivity index (χ0n) is 84.6. The lowest BCUT2D eigenvalue weighted by atomic mass is 9.92. The van der Waals surface area contributed by atoms with Crippen molar-refractivity contribution in [2.75, 3.05) is 80.9 Å². The predicted octanol–water partition coefficient (Wildman–Crippen LogP) is 26.2. The van der Waals surface area contributed by atoms with E-state index in [1.54, 1.807) is 47.5 Å². The number of ether oxygens (including phenoxy) is 8. The van der Waals surface area contributed by atoms with Gasteiger partial charge in [-0.2, -0.15) is 26.3 Å². The van der Waals surface area contributed by atoms with Gasteiger partial charge in [-0.25, -0.2) is 22.8 Å². The number of benzene rings is 10. The molecule has 760 valence electrons. The molecule has 7 fully saturated rings. The lowest BCUT2D eigenvalue weighted by Gasteiger charge is -2.30. The molecule has 0 aliphatic heterocycles. The number of hydrogen-bond acceptors (Lipinski definition) is 19. The van der Waals surface area contributed by atoms with Crippen LogP contribution in [0.1, 0.15) is 157 Å². The summed E-state index contributed by atoms with van der Waals surface area (Å²) >= 11 is 0. The highest BCUT2D eigenvalue weighted by Crippen LogP contribution is 2.49. The number of anilines is 5. The van der Waals surface area contributed by atoms with E-state index >= 15 is 0 Å². The van der Waals surface area contributed by atoms with E-state index in [0.717, 1.165) is 216 Å². The van der Waals surface area contributed by atoms with Crippen LogP contribution < -0.4 is 49.7 Å². The largest absolute Gasteiger partial charge is 0.497 e. The van der Waals surface area contributed by atoms with Crippen LogP contribution in [0.15, 0.2) is 225 Å². The monoisotopic (exact) mass is 2010 g/mol. The highest BCUT2D eigenvalue weighted by molar-refractivity contribution is 7.93. The van der Waals surface area contributed by atoms with Crippen molar-refractivity contribution < 1.29 is 65.5 Å². The van der Waals surface area contributed by atoms with Crippen LogP contribution >= 0.6 is 0 Å². The van der Waals surface area contributed by atoms with Gasteiger partial charge in [-0.1, -0.05) is 80.2 Å². The maximum Gasteiger partial charge on any atom is 0.411 e. The van der Waals surface area contributed by atoms with E-state index in [0.29, 0.717) is 100 Å². The maximum absolute atomic E-state index is 12.2. The second-order valence-electron chi connectivity index (χ2n) is 38.6. The summed E-state index contributed by atoms with van der Waals surface area (Å²) in [4.78, 5) is 47.2. The third-order valence-electron chi connectivity index (χ3n) is 27.9. The number of nitriles is 5. The van der Waals surface area contributed by atoms with Gasteiger partial charge in [-0.15, -0.1) is 0 Å². The van der Waals surface area contributed by atoms with Gasteiger partial charge in [0.15, 0.2) is 0 Å². The molecule has 10 aromatic carbocycles. The molecule has 0 bridgehead atoms. The Hall–Kier alpha value is -16.9. The molecule has 15 aromatic rings. The van der Waals surface area contributed by atoms with Crippen LogP contribution in [0.25, 0.3) is 111 Å². The van der Waals surface area contributed by atoms with Gasteiger partial charge >= 0.3 is 18.3 Å². The summed E-state index contributed by atoms with van der Waals surface area (Å²) in [5.74, 6) is 6.77. The number of hydrogen-bond donors (Lipinski definition) is 5. The molecule has 29 nitrogen and oxygen atoms in total. The fourth-order valence-electron chi connectivity index (χ4n) is 19.1. The molecule has 4 amide bonds. The molecule has 149 heavy (non-hydrogen) atoms. The fourth-order valence-corrected chi connectivity index (χ4v) is 20.5. The number of rotatable bonds is 33. The van der Waals surface area contributed by atoms with Crippen LogP contribution in [0, 0.1) is 86.2 Å². The van der Waals surface area contributed by atoms with E-state index < -0.39 is 28.3 Å². The maximum atomic E-state index is 12.2. The van der Waals surface area contributed by atoms with E-state index in [1.165, 1.54) is 63.9 Å². The van der Waals surface area contributed by atoms with Gasteiger partial charge in [-0.05, 0) is 289 Å². The van der Waals surface area contributed by atoms with Crippen molar-refractivity contribution in [1.29, 1.82) is 26.3 Å². The molecule has 0 radical (unpaired) electrons. The van der Waals surface area contributed by atoms with Crippen molar-refractivity contribution in [3.05, 3.63) is 253 Å². The number of methoxy groups -OCH3 is 4. The molecule has 30 heteroatoms. The smallest absolute Gasteiger partial charge is 0.411 e. The zero-order valence-corrected chi connectivity index (χ0v) is 85.4. The summed E-state index contributed by atoms with van der Waals surface area (Å²) in [6.07, 6.45) is 17.4. The Morgan fingerprint density at radius 1 is 0.362 bits per heavy atom. The van der Waals surface area contributed by atoms with Gasteiger partial charge < -0.3 is 66.0 Å². The normalized spacial score (nSPS) is 14.3. The lowest BCUT2D eigenvalue weighted by Crippen LogP contribution is -2.18. The Kier molecular flexibility index (Phi) is 31.4. The van der Waals surface area contributed by atoms with Gasteiger partial charge in [0.2, 0.25) is 15.9 Å². The standard InChI is InChI=1S/C25H25N3O3.C24H25N3O3.C24H23N3O2.C23H23N3O3S.C23H23N3O3/c1-3-14-31-25(29)27-18-10-8-17(9-11-18)24-22(16-26)21-13-12-20(30-4-2)15-23(21)28(24)19-6-5-7-19;1-3-12-30-24(28)26-18-8-6-17(7-9-18)23-21(14-25)20-11-10-19(29-2)13-22(20)27(23)15-16-4-5-16;1-29-19-10-11-20-21(13-25)23(27(22(20)12-19)14-15-2-3-15)16-6-8-18(9-7-16)26-24(28)17-4-5-17;1-29-18-8-11-20-21(13-24)23(26(22(20)12-18)14-15-2-3-15)16-4-6-17(7-5-16)25-30(27,28)19-9-10-19;1-3-29-23(27)25-17-8-6-16(7-9-17)22-20(13-24)19-11-10-18(28-2)12-21(19)26(22)14-15-4-5-15/h3,8-13,15,19H,1,4-7,14H2,2H3,(H,27,29);6-11,13,16H,3-5,12,15H2,1-2H3,(H,26,28);6-12,15,17H,2-5,14H2,1H3,(H,26,28);4-8,11-12,15,19,25H,2-3,9-10,14H2,1H3;6-12,15H,3-5,14H2,1-2H3,(H,25,27). The summed E-state index contributed by atoms with van der Waals surface area (Å²) < 4.78 is 80.7. The van der Waals surface area contributed by atoms with Gasteiger partial charge in [-0.3, -0.25) is 25.5 Å². The van der Waals surface area contributed by atoms with Gasteiger partial charge in [0.1, 0.15) is 65.7 Å². The number of carbonyl (C=O) groups excluding carboxylic acids is 4.